The molecule has 3 heterocycles. The van der Waals surface area contributed by atoms with Gasteiger partial charge in [-0.25, -0.2) is 5.14 Å². The van der Waals surface area contributed by atoms with Crippen molar-refractivity contribution in [2.45, 2.75) is 30.7 Å². The molecule has 2 N–H and O–H groups in total. The van der Waals surface area contributed by atoms with E-state index in [1.807, 2.05) is 36.4 Å². The molecular formula is C30H35Cl2F3N8O3S. The Bertz CT molecular complexity index is 1700. The van der Waals surface area contributed by atoms with Gasteiger partial charge in [0.1, 0.15) is 5.75 Å². The van der Waals surface area contributed by atoms with E-state index in [2.05, 4.69) is 49.6 Å². The highest BCUT2D eigenvalue weighted by atomic mass is 35.5. The number of tetrazole rings is 1. The maximum Gasteiger partial charge on any atom is 0.453 e. The number of methoxy groups -OCH3 is 1. The highest BCUT2D eigenvalue weighted by Crippen LogP contribution is 2.37. The summed E-state index contributed by atoms with van der Waals surface area (Å²) in [6.45, 7) is 2.45. The van der Waals surface area contributed by atoms with E-state index >= 15 is 0 Å². The second-order valence-corrected chi connectivity index (χ2v) is 12.8. The van der Waals surface area contributed by atoms with E-state index in [0.29, 0.717) is 42.2 Å². The Morgan fingerprint density at radius 3 is 2.15 bits per heavy atom. The Labute approximate surface area is 283 Å². The highest BCUT2D eigenvalue weighted by molar-refractivity contribution is 7.86. The first-order valence-electron chi connectivity index (χ1n) is 14.4. The zero-order chi connectivity index (χ0) is 31.8. The van der Waals surface area contributed by atoms with Gasteiger partial charge in [-0.05, 0) is 39.8 Å². The largest absolute Gasteiger partial charge is 0.496 e. The van der Waals surface area contributed by atoms with Crippen LogP contribution in [0.1, 0.15) is 28.4 Å². The molecule has 47 heavy (non-hydrogen) atoms. The number of aromatic nitrogens is 4. The topological polar surface area (TPSA) is 123 Å². The number of nitrogens with zero attached hydrogens (tertiary/aromatic N) is 7. The number of rotatable bonds is 8. The van der Waals surface area contributed by atoms with Crippen LogP contribution < -0.4 is 9.88 Å². The lowest BCUT2D eigenvalue weighted by atomic mass is 9.81. The standard InChI is InChI=1S/C30H33F3N8O3S.2ClH/c1-44-27-13-12-24(41-29(30(31,32)33)35-36-37-41)16-23(27)17-38-18-25-19-39(45(34,42)43)14-15-40(25)26(20-38)28(21-8-4-2-5-9-21)22-10-6-3-7-11-22;;/h2-13,16,25-26,28H,14-15,17-20H2,1H3,(H2,34,42,43);2*1H/t25-,26?;;/m1../s1. The number of ether oxygens (including phenoxy) is 1. The van der Waals surface area contributed by atoms with E-state index in [4.69, 9.17) is 9.88 Å². The molecule has 6 rings (SSSR count). The van der Waals surface area contributed by atoms with E-state index in [0.717, 1.165) is 11.1 Å². The molecule has 2 aliphatic rings. The Morgan fingerprint density at radius 2 is 1.57 bits per heavy atom. The van der Waals surface area contributed by atoms with Crippen LogP contribution in [0, 0.1) is 0 Å². The van der Waals surface area contributed by atoms with Crippen LogP contribution in [-0.4, -0.2) is 94.6 Å². The summed E-state index contributed by atoms with van der Waals surface area (Å²) in [4.78, 5) is 4.58. The van der Waals surface area contributed by atoms with Crippen molar-refractivity contribution in [1.82, 2.24) is 34.3 Å². The molecule has 0 aliphatic carbocycles. The van der Waals surface area contributed by atoms with Gasteiger partial charge in [0.05, 0.1) is 12.8 Å². The van der Waals surface area contributed by atoms with Crippen LogP contribution in [0.25, 0.3) is 5.69 Å². The summed E-state index contributed by atoms with van der Waals surface area (Å²) in [7, 11) is -2.39. The van der Waals surface area contributed by atoms with Crippen LogP contribution in [-0.2, 0) is 22.9 Å². The molecule has 0 spiro atoms. The normalized spacial score (nSPS) is 19.4. The lowest BCUT2D eigenvalue weighted by molar-refractivity contribution is -0.146. The molecule has 254 valence electrons. The summed E-state index contributed by atoms with van der Waals surface area (Å²) < 4.78 is 73.2. The van der Waals surface area contributed by atoms with Gasteiger partial charge in [0, 0.05) is 62.8 Å². The van der Waals surface area contributed by atoms with Gasteiger partial charge in [-0.2, -0.15) is 30.6 Å². The Hall–Kier alpha value is -3.31. The van der Waals surface area contributed by atoms with Crippen molar-refractivity contribution >= 4 is 35.0 Å². The summed E-state index contributed by atoms with van der Waals surface area (Å²) in [5.41, 5.74) is 3.03. The third-order valence-electron chi connectivity index (χ3n) is 8.52. The summed E-state index contributed by atoms with van der Waals surface area (Å²) >= 11 is 0. The fourth-order valence-electron chi connectivity index (χ4n) is 6.60. The van der Waals surface area contributed by atoms with Crippen molar-refractivity contribution in [3.05, 3.63) is 101 Å². The van der Waals surface area contributed by atoms with Crippen LogP contribution in [0.5, 0.6) is 5.75 Å². The third kappa shape index (κ3) is 7.88. The van der Waals surface area contributed by atoms with Crippen molar-refractivity contribution in [2.24, 2.45) is 5.14 Å². The quantitative estimate of drug-likeness (QED) is 0.293. The second-order valence-electron chi connectivity index (χ2n) is 11.3. The van der Waals surface area contributed by atoms with Crippen molar-refractivity contribution in [3.8, 4) is 11.4 Å². The van der Waals surface area contributed by atoms with E-state index < -0.39 is 22.2 Å². The molecule has 0 saturated carbocycles. The Morgan fingerprint density at radius 1 is 0.936 bits per heavy atom. The molecule has 3 aromatic carbocycles. The van der Waals surface area contributed by atoms with Gasteiger partial charge < -0.3 is 4.74 Å². The first kappa shape index (κ1) is 36.5. The number of benzene rings is 3. The van der Waals surface area contributed by atoms with E-state index in [9.17, 15) is 21.6 Å². The monoisotopic (exact) mass is 714 g/mol. The average molecular weight is 716 g/mol. The minimum atomic E-state index is -4.74. The van der Waals surface area contributed by atoms with Crippen LogP contribution >= 0.6 is 24.8 Å². The van der Waals surface area contributed by atoms with Gasteiger partial charge in [-0.3, -0.25) is 9.80 Å². The number of alkyl halides is 3. The first-order chi connectivity index (χ1) is 21.5. The highest BCUT2D eigenvalue weighted by Gasteiger charge is 2.44. The molecule has 11 nitrogen and oxygen atoms in total. The van der Waals surface area contributed by atoms with Gasteiger partial charge in [0.2, 0.25) is 0 Å². The number of nitrogens with two attached hydrogens (primary N) is 1. The number of hydrogen-bond acceptors (Lipinski definition) is 8. The third-order valence-corrected chi connectivity index (χ3v) is 9.57. The fourth-order valence-corrected chi connectivity index (χ4v) is 7.31. The predicted octanol–water partition coefficient (Wildman–Crippen LogP) is 3.74. The summed E-state index contributed by atoms with van der Waals surface area (Å²) in [5, 5.41) is 15.6. The molecule has 2 fully saturated rings. The minimum Gasteiger partial charge on any atom is -0.496 e. The molecule has 2 saturated heterocycles. The number of hydrogen-bond donors (Lipinski definition) is 1. The van der Waals surface area contributed by atoms with Gasteiger partial charge in [0.15, 0.2) is 0 Å². The van der Waals surface area contributed by atoms with Crippen molar-refractivity contribution in [1.29, 1.82) is 0 Å². The average Bonchev–Trinajstić information content (AvgIpc) is 3.53. The zero-order valence-corrected chi connectivity index (χ0v) is 27.7. The van der Waals surface area contributed by atoms with Crippen LogP contribution in [0.4, 0.5) is 13.2 Å². The summed E-state index contributed by atoms with van der Waals surface area (Å²) in [6.07, 6.45) is -4.74. The van der Waals surface area contributed by atoms with E-state index in [-0.39, 0.29) is 61.6 Å². The maximum atomic E-state index is 13.6. The van der Waals surface area contributed by atoms with Crippen LogP contribution in [0.2, 0.25) is 0 Å². The lowest BCUT2D eigenvalue weighted by Gasteiger charge is -2.53. The van der Waals surface area contributed by atoms with Crippen molar-refractivity contribution in [3.63, 3.8) is 0 Å². The molecule has 0 bridgehead atoms. The van der Waals surface area contributed by atoms with Gasteiger partial charge in [0.25, 0.3) is 16.0 Å². The molecular weight excluding hydrogens is 680 g/mol. The molecule has 1 unspecified atom stereocenters. The van der Waals surface area contributed by atoms with Crippen LogP contribution in [0.3, 0.4) is 0 Å². The SMILES string of the molecule is COc1ccc(-n2nnnc2C(F)(F)F)cc1CN1CC(C(c2ccccc2)c2ccccc2)N2CCN(S(N)(=O)=O)C[C@H]2C1.Cl.Cl. The second kappa shape index (κ2) is 14.8. The lowest BCUT2D eigenvalue weighted by Crippen LogP contribution is -2.67. The first-order valence-corrected chi connectivity index (χ1v) is 15.9. The van der Waals surface area contributed by atoms with E-state index in [1.54, 1.807) is 12.1 Å². The summed E-state index contributed by atoms with van der Waals surface area (Å²) in [6, 6.07) is 24.8. The van der Waals surface area contributed by atoms with Crippen LogP contribution in [0.15, 0.2) is 78.9 Å². The fraction of sp³-hybridized carbons (Fsp3) is 0.367. The molecule has 2 aliphatic heterocycles. The van der Waals surface area contributed by atoms with Gasteiger partial charge in [-0.1, -0.05) is 60.7 Å². The maximum absolute atomic E-state index is 13.6. The van der Waals surface area contributed by atoms with E-state index in [1.165, 1.54) is 17.5 Å². The molecule has 4 aromatic rings. The molecule has 2 atom stereocenters. The number of halogens is 5. The number of piperazine rings is 2. The summed E-state index contributed by atoms with van der Waals surface area (Å²) in [5.74, 6) is -0.773. The molecule has 0 radical (unpaired) electrons. The van der Waals surface area contributed by atoms with Crippen molar-refractivity contribution < 1.29 is 26.3 Å². The zero-order valence-electron chi connectivity index (χ0n) is 25.3. The van der Waals surface area contributed by atoms with Gasteiger partial charge in [-0.15, -0.1) is 29.9 Å². The molecule has 0 amide bonds. The Balaban J connectivity index is 0.00000250. The molecule has 1 aromatic heterocycles. The predicted molar refractivity (Wildman–Crippen MR) is 174 cm³/mol. The van der Waals surface area contributed by atoms with Gasteiger partial charge >= 0.3 is 6.18 Å². The smallest absolute Gasteiger partial charge is 0.453 e. The molecule has 17 heteroatoms. The number of fused-ring (bicyclic) bond motifs is 1. The Kier molecular flexibility index (Phi) is 11.5. The minimum absolute atomic E-state index is 0. The van der Waals surface area contributed by atoms with Crippen molar-refractivity contribution in [2.75, 3.05) is 39.8 Å².